The second kappa shape index (κ2) is 4.21. The van der Waals surface area contributed by atoms with Crippen molar-refractivity contribution in [3.63, 3.8) is 0 Å². The summed E-state index contributed by atoms with van der Waals surface area (Å²) in [5, 5.41) is 18.8. The predicted octanol–water partition coefficient (Wildman–Crippen LogP) is 2.27. The van der Waals surface area contributed by atoms with Gasteiger partial charge in [0.15, 0.2) is 0 Å². The summed E-state index contributed by atoms with van der Waals surface area (Å²) in [5.41, 5.74) is 0.967. The van der Waals surface area contributed by atoms with Gasteiger partial charge in [-0.05, 0) is 37.3 Å². The fraction of sp³-hybridized carbons (Fsp3) is 0.429. The highest BCUT2D eigenvalue weighted by Crippen LogP contribution is 2.41. The van der Waals surface area contributed by atoms with E-state index in [0.29, 0.717) is 5.92 Å². The van der Waals surface area contributed by atoms with Crippen molar-refractivity contribution in [3.05, 3.63) is 42.2 Å². The lowest BCUT2D eigenvalue weighted by molar-refractivity contribution is 0.0338. The van der Waals surface area contributed by atoms with Crippen LogP contribution in [-0.2, 0) is 5.60 Å². The van der Waals surface area contributed by atoms with Crippen LogP contribution in [0.4, 0.5) is 0 Å². The molecular formula is C14H17N3O. The normalized spacial score (nSPS) is 27.6. The summed E-state index contributed by atoms with van der Waals surface area (Å²) >= 11 is 0. The van der Waals surface area contributed by atoms with Gasteiger partial charge < -0.3 is 5.11 Å². The first kappa shape index (κ1) is 11.4. The lowest BCUT2D eigenvalue weighted by Crippen LogP contribution is -2.25. The van der Waals surface area contributed by atoms with E-state index in [-0.39, 0.29) is 0 Å². The van der Waals surface area contributed by atoms with Crippen molar-refractivity contribution in [2.24, 2.45) is 5.92 Å². The highest BCUT2D eigenvalue weighted by molar-refractivity contribution is 5.33. The van der Waals surface area contributed by atoms with Crippen LogP contribution in [0.5, 0.6) is 0 Å². The van der Waals surface area contributed by atoms with Crippen LogP contribution in [0, 0.1) is 5.92 Å². The molecule has 18 heavy (non-hydrogen) atoms. The number of hydrogen-bond acceptors (Lipinski definition) is 3. The SMILES string of the molecule is CC1CCC(O)(c2cnnn2-c2ccccc2)C1. The van der Waals surface area contributed by atoms with Crippen LogP contribution in [0.1, 0.15) is 31.9 Å². The average Bonchev–Trinajstić information content (AvgIpc) is 2.98. The van der Waals surface area contributed by atoms with E-state index in [9.17, 15) is 5.11 Å². The molecule has 1 aromatic heterocycles. The van der Waals surface area contributed by atoms with E-state index in [1.54, 1.807) is 10.9 Å². The van der Waals surface area contributed by atoms with Gasteiger partial charge in [-0.2, -0.15) is 0 Å². The van der Waals surface area contributed by atoms with Gasteiger partial charge in [0, 0.05) is 0 Å². The highest BCUT2D eigenvalue weighted by atomic mass is 16.3. The summed E-state index contributed by atoms with van der Waals surface area (Å²) < 4.78 is 1.75. The molecular weight excluding hydrogens is 226 g/mol. The Morgan fingerprint density at radius 3 is 2.78 bits per heavy atom. The number of benzene rings is 1. The van der Waals surface area contributed by atoms with Gasteiger partial charge in [0.2, 0.25) is 0 Å². The molecule has 1 aliphatic carbocycles. The van der Waals surface area contributed by atoms with Crippen LogP contribution in [-0.4, -0.2) is 20.1 Å². The monoisotopic (exact) mass is 243 g/mol. The smallest absolute Gasteiger partial charge is 0.109 e. The summed E-state index contributed by atoms with van der Waals surface area (Å²) in [4.78, 5) is 0. The maximum absolute atomic E-state index is 10.8. The van der Waals surface area contributed by atoms with Gasteiger partial charge in [0.1, 0.15) is 5.60 Å². The van der Waals surface area contributed by atoms with Gasteiger partial charge >= 0.3 is 0 Å². The third-order valence-corrected chi connectivity index (χ3v) is 3.76. The average molecular weight is 243 g/mol. The molecule has 1 heterocycles. The minimum absolute atomic E-state index is 0.550. The third kappa shape index (κ3) is 1.82. The zero-order chi connectivity index (χ0) is 12.6. The molecule has 0 saturated heterocycles. The van der Waals surface area contributed by atoms with E-state index in [4.69, 9.17) is 0 Å². The van der Waals surface area contributed by atoms with Crippen molar-refractivity contribution in [1.29, 1.82) is 0 Å². The van der Waals surface area contributed by atoms with Gasteiger partial charge in [-0.1, -0.05) is 30.3 Å². The molecule has 2 aromatic rings. The quantitative estimate of drug-likeness (QED) is 0.880. The third-order valence-electron chi connectivity index (χ3n) is 3.76. The van der Waals surface area contributed by atoms with Gasteiger partial charge in [-0.25, -0.2) is 4.68 Å². The molecule has 1 fully saturated rings. The van der Waals surface area contributed by atoms with Crippen molar-refractivity contribution in [1.82, 2.24) is 15.0 Å². The molecule has 94 valence electrons. The first-order chi connectivity index (χ1) is 8.69. The Morgan fingerprint density at radius 2 is 2.11 bits per heavy atom. The molecule has 2 unspecified atom stereocenters. The van der Waals surface area contributed by atoms with E-state index in [1.807, 2.05) is 30.3 Å². The molecule has 0 amide bonds. The van der Waals surface area contributed by atoms with Crippen LogP contribution < -0.4 is 0 Å². The van der Waals surface area contributed by atoms with E-state index in [1.165, 1.54) is 0 Å². The van der Waals surface area contributed by atoms with Crippen LogP contribution >= 0.6 is 0 Å². The van der Waals surface area contributed by atoms with Crippen LogP contribution in [0.3, 0.4) is 0 Å². The van der Waals surface area contributed by atoms with Crippen LogP contribution in [0.15, 0.2) is 36.5 Å². The lowest BCUT2D eigenvalue weighted by atomic mass is 9.97. The van der Waals surface area contributed by atoms with Crippen molar-refractivity contribution in [2.75, 3.05) is 0 Å². The van der Waals surface area contributed by atoms with Crippen molar-refractivity contribution >= 4 is 0 Å². The van der Waals surface area contributed by atoms with Crippen molar-refractivity contribution in [2.45, 2.75) is 31.8 Å². The first-order valence-corrected chi connectivity index (χ1v) is 6.38. The minimum atomic E-state index is -0.779. The number of aromatic nitrogens is 3. The number of nitrogens with zero attached hydrogens (tertiary/aromatic N) is 3. The van der Waals surface area contributed by atoms with Gasteiger partial charge in [0.05, 0.1) is 17.6 Å². The summed E-state index contributed by atoms with van der Waals surface area (Å²) in [6, 6.07) is 9.83. The molecule has 4 nitrogen and oxygen atoms in total. The first-order valence-electron chi connectivity index (χ1n) is 6.38. The number of aliphatic hydroxyl groups is 1. The molecule has 0 spiro atoms. The number of rotatable bonds is 2. The molecule has 3 rings (SSSR count). The van der Waals surface area contributed by atoms with E-state index in [2.05, 4.69) is 17.2 Å². The van der Waals surface area contributed by atoms with Gasteiger partial charge in [-0.3, -0.25) is 0 Å². The van der Waals surface area contributed by atoms with Crippen LogP contribution in [0.2, 0.25) is 0 Å². The Morgan fingerprint density at radius 1 is 1.33 bits per heavy atom. The standard InChI is InChI=1S/C14H17N3O/c1-11-7-8-14(18,9-11)13-10-15-16-17(13)12-5-3-2-4-6-12/h2-6,10-11,18H,7-9H2,1H3. The number of para-hydroxylation sites is 1. The van der Waals surface area contributed by atoms with Crippen LogP contribution in [0.25, 0.3) is 5.69 Å². The highest BCUT2D eigenvalue weighted by Gasteiger charge is 2.40. The molecule has 1 aliphatic rings. The number of hydrogen-bond donors (Lipinski definition) is 1. The largest absolute Gasteiger partial charge is 0.383 e. The second-order valence-corrected chi connectivity index (χ2v) is 5.25. The van der Waals surface area contributed by atoms with E-state index < -0.39 is 5.60 Å². The predicted molar refractivity (Wildman–Crippen MR) is 68.3 cm³/mol. The Kier molecular flexibility index (Phi) is 2.67. The van der Waals surface area contributed by atoms with Gasteiger partial charge in [-0.15, -0.1) is 5.10 Å². The molecule has 0 aliphatic heterocycles. The Hall–Kier alpha value is -1.68. The molecule has 1 aromatic carbocycles. The topological polar surface area (TPSA) is 50.9 Å². The lowest BCUT2D eigenvalue weighted by Gasteiger charge is -2.22. The molecule has 0 radical (unpaired) electrons. The summed E-state index contributed by atoms with van der Waals surface area (Å²) in [6.07, 6.45) is 4.31. The summed E-state index contributed by atoms with van der Waals surface area (Å²) in [5.74, 6) is 0.550. The van der Waals surface area contributed by atoms with Crippen molar-refractivity contribution in [3.8, 4) is 5.69 Å². The zero-order valence-electron chi connectivity index (χ0n) is 10.5. The molecule has 1 saturated carbocycles. The summed E-state index contributed by atoms with van der Waals surface area (Å²) in [6.45, 7) is 2.18. The minimum Gasteiger partial charge on any atom is -0.383 e. The summed E-state index contributed by atoms with van der Waals surface area (Å²) in [7, 11) is 0. The fourth-order valence-corrected chi connectivity index (χ4v) is 2.81. The van der Waals surface area contributed by atoms with Gasteiger partial charge in [0.25, 0.3) is 0 Å². The second-order valence-electron chi connectivity index (χ2n) is 5.25. The molecule has 0 bridgehead atoms. The van der Waals surface area contributed by atoms with E-state index in [0.717, 1.165) is 30.6 Å². The maximum atomic E-state index is 10.8. The fourth-order valence-electron chi connectivity index (χ4n) is 2.81. The van der Waals surface area contributed by atoms with Crippen molar-refractivity contribution < 1.29 is 5.11 Å². The maximum Gasteiger partial charge on any atom is 0.109 e. The zero-order valence-corrected chi connectivity index (χ0v) is 10.5. The Labute approximate surface area is 106 Å². The Bertz CT molecular complexity index is 537. The molecule has 1 N–H and O–H groups in total. The molecule has 2 atom stereocenters. The Balaban J connectivity index is 2.02. The molecule has 4 heteroatoms. The van der Waals surface area contributed by atoms with E-state index >= 15 is 0 Å².